The van der Waals surface area contributed by atoms with Crippen LogP contribution in [0.4, 0.5) is 8.78 Å². The molecule has 0 aliphatic rings. The first-order chi connectivity index (χ1) is 6.73. The van der Waals surface area contributed by atoms with Gasteiger partial charge in [-0.1, -0.05) is 0 Å². The van der Waals surface area contributed by atoms with E-state index in [-0.39, 0.29) is 4.60 Å². The van der Waals surface area contributed by atoms with E-state index in [0.29, 0.717) is 3.57 Å². The molecule has 0 fully saturated rings. The number of nitrogens with zero attached hydrogens (tertiary/aromatic N) is 1. The summed E-state index contributed by atoms with van der Waals surface area (Å²) in [6, 6.07) is 1.03. The summed E-state index contributed by atoms with van der Waals surface area (Å²) >= 11 is 4.69. The van der Waals surface area contributed by atoms with Crippen molar-refractivity contribution in [3.05, 3.63) is 19.8 Å². The fourth-order valence-electron chi connectivity index (χ4n) is 0.849. The van der Waals surface area contributed by atoms with Crippen molar-refractivity contribution in [3.63, 3.8) is 0 Å². The van der Waals surface area contributed by atoms with E-state index in [4.69, 9.17) is 5.14 Å². The number of alkyl halides is 2. The number of primary sulfonamides is 1. The van der Waals surface area contributed by atoms with Crippen LogP contribution in [0.1, 0.15) is 12.0 Å². The third kappa shape index (κ3) is 3.04. The molecule has 1 aromatic heterocycles. The summed E-state index contributed by atoms with van der Waals surface area (Å²) in [5, 5.41) is 3.97. The average molecular weight is 413 g/mol. The second-order valence-corrected chi connectivity index (χ2v) is 5.89. The molecule has 4 nitrogen and oxygen atoms in total. The quantitative estimate of drug-likeness (QED) is 0.596. The third-order valence-corrected chi connectivity index (χ3v) is 4.46. The summed E-state index contributed by atoms with van der Waals surface area (Å²) in [6.45, 7) is 0. The number of sulfonamides is 1. The number of halogens is 4. The fraction of sp³-hybridized carbons (Fsp3) is 0.167. The van der Waals surface area contributed by atoms with Gasteiger partial charge in [0.05, 0.1) is 5.56 Å². The highest BCUT2D eigenvalue weighted by Crippen LogP contribution is 2.29. The van der Waals surface area contributed by atoms with Crippen LogP contribution in [0.25, 0.3) is 0 Å². The highest BCUT2D eigenvalue weighted by Gasteiger charge is 2.23. The van der Waals surface area contributed by atoms with Gasteiger partial charge in [-0.3, -0.25) is 0 Å². The van der Waals surface area contributed by atoms with Crippen LogP contribution < -0.4 is 5.14 Å². The summed E-state index contributed by atoms with van der Waals surface area (Å²) in [6.07, 6.45) is -2.94. The lowest BCUT2D eigenvalue weighted by molar-refractivity contribution is 0.147. The normalized spacial score (nSPS) is 12.1. The second kappa shape index (κ2) is 4.55. The number of hydrogen-bond acceptors (Lipinski definition) is 3. The highest BCUT2D eigenvalue weighted by molar-refractivity contribution is 14.1. The molecule has 0 spiro atoms. The average Bonchev–Trinajstić information content (AvgIpc) is 2.06. The van der Waals surface area contributed by atoms with Gasteiger partial charge in [0.25, 0.3) is 16.4 Å². The Morgan fingerprint density at radius 2 is 2.07 bits per heavy atom. The molecule has 1 aromatic rings. The van der Waals surface area contributed by atoms with Gasteiger partial charge >= 0.3 is 0 Å². The Morgan fingerprint density at radius 1 is 1.53 bits per heavy atom. The smallest absolute Gasteiger partial charge is 0.226 e. The maximum absolute atomic E-state index is 12.5. The lowest BCUT2D eigenvalue weighted by Crippen LogP contribution is -2.17. The minimum atomic E-state index is -4.24. The Hall–Kier alpha value is 0.130. The van der Waals surface area contributed by atoms with Crippen LogP contribution in [-0.2, 0) is 10.0 Å². The number of pyridine rings is 1. The molecule has 84 valence electrons. The molecule has 1 heterocycles. The van der Waals surface area contributed by atoms with Crippen molar-refractivity contribution >= 4 is 48.5 Å². The van der Waals surface area contributed by atoms with Crippen LogP contribution in [0.15, 0.2) is 15.7 Å². The van der Waals surface area contributed by atoms with Gasteiger partial charge in [-0.15, -0.1) is 0 Å². The summed E-state index contributed by atoms with van der Waals surface area (Å²) in [5.74, 6) is 0. The van der Waals surface area contributed by atoms with Gasteiger partial charge in [-0.2, -0.15) is 0 Å². The van der Waals surface area contributed by atoms with Gasteiger partial charge in [0.15, 0.2) is 5.03 Å². The van der Waals surface area contributed by atoms with Crippen molar-refractivity contribution in [2.75, 3.05) is 0 Å². The monoisotopic (exact) mass is 412 g/mol. The second-order valence-electron chi connectivity index (χ2n) is 2.50. The van der Waals surface area contributed by atoms with Gasteiger partial charge in [0.1, 0.15) is 4.60 Å². The zero-order valence-corrected chi connectivity index (χ0v) is 11.5. The first-order valence-electron chi connectivity index (χ1n) is 3.40. The predicted octanol–water partition coefficient (Wildman–Crippen LogP) is 2.03. The van der Waals surface area contributed by atoms with Gasteiger partial charge in [-0.25, -0.2) is 27.3 Å². The van der Waals surface area contributed by atoms with Crippen LogP contribution >= 0.6 is 38.5 Å². The molecule has 2 N–H and O–H groups in total. The van der Waals surface area contributed by atoms with E-state index in [2.05, 4.69) is 20.9 Å². The van der Waals surface area contributed by atoms with Gasteiger partial charge < -0.3 is 0 Å². The molecule has 0 aliphatic heterocycles. The van der Waals surface area contributed by atoms with E-state index in [0.717, 1.165) is 6.07 Å². The number of rotatable bonds is 2. The van der Waals surface area contributed by atoms with E-state index < -0.39 is 27.0 Å². The van der Waals surface area contributed by atoms with Gasteiger partial charge in [-0.05, 0) is 44.6 Å². The molecular weight excluding hydrogens is 409 g/mol. The minimum Gasteiger partial charge on any atom is -0.226 e. The van der Waals surface area contributed by atoms with Crippen molar-refractivity contribution in [1.82, 2.24) is 4.98 Å². The predicted molar refractivity (Wildman–Crippen MR) is 61.0 cm³/mol. The summed E-state index contributed by atoms with van der Waals surface area (Å²) in [7, 11) is -4.24. The zero-order valence-electron chi connectivity index (χ0n) is 6.92. The Bertz CT molecular complexity index is 494. The van der Waals surface area contributed by atoms with Crippen LogP contribution in [0.3, 0.4) is 0 Å². The molecule has 0 amide bonds. The summed E-state index contributed by atoms with van der Waals surface area (Å²) in [4.78, 5) is 3.48. The first kappa shape index (κ1) is 13.2. The van der Waals surface area contributed by atoms with E-state index in [1.807, 2.05) is 0 Å². The molecule has 0 unspecified atom stereocenters. The summed E-state index contributed by atoms with van der Waals surface area (Å²) < 4.78 is 47.5. The van der Waals surface area contributed by atoms with Crippen molar-refractivity contribution in [2.45, 2.75) is 11.5 Å². The number of nitrogens with two attached hydrogens (primary N) is 1. The van der Waals surface area contributed by atoms with Crippen LogP contribution in [0.5, 0.6) is 0 Å². The standard InChI is InChI=1S/C6H4BrF2IN2O2S/c7-4-3(10)1-2(5(8)9)6(12-4)15(11,13)14/h1,5H,(H2,11,13,14). The van der Waals surface area contributed by atoms with Crippen molar-refractivity contribution in [2.24, 2.45) is 5.14 Å². The molecule has 9 heteroatoms. The molecule has 0 bridgehead atoms. The number of hydrogen-bond donors (Lipinski definition) is 1. The molecular formula is C6H4BrF2IN2O2S. The Balaban J connectivity index is 3.56. The van der Waals surface area contributed by atoms with Crippen molar-refractivity contribution in [1.29, 1.82) is 0 Å². The SMILES string of the molecule is NS(=O)(=O)c1nc(Br)c(I)cc1C(F)F. The Labute approximate surface area is 107 Å². The lowest BCUT2D eigenvalue weighted by Gasteiger charge is -2.07. The molecule has 0 radical (unpaired) electrons. The summed E-state index contributed by atoms with van der Waals surface area (Å²) in [5.41, 5.74) is -0.690. The fourth-order valence-corrected chi connectivity index (χ4v) is 2.41. The van der Waals surface area contributed by atoms with Gasteiger partial charge in [0, 0.05) is 3.57 Å². The van der Waals surface area contributed by atoms with E-state index in [1.54, 1.807) is 22.6 Å². The molecule has 0 aromatic carbocycles. The van der Waals surface area contributed by atoms with Crippen LogP contribution in [-0.4, -0.2) is 13.4 Å². The molecule has 0 saturated heterocycles. The molecule has 1 rings (SSSR count). The largest absolute Gasteiger partial charge is 0.266 e. The van der Waals surface area contributed by atoms with Gasteiger partial charge in [0.2, 0.25) is 0 Å². The Kier molecular flexibility index (Phi) is 4.01. The Morgan fingerprint density at radius 3 is 2.47 bits per heavy atom. The molecule has 0 aliphatic carbocycles. The molecule has 0 saturated carbocycles. The molecule has 0 atom stereocenters. The third-order valence-electron chi connectivity index (χ3n) is 1.43. The van der Waals surface area contributed by atoms with E-state index in [1.165, 1.54) is 0 Å². The minimum absolute atomic E-state index is 0.163. The maximum Gasteiger partial charge on any atom is 0.266 e. The van der Waals surface area contributed by atoms with Crippen molar-refractivity contribution in [3.8, 4) is 0 Å². The number of aromatic nitrogens is 1. The zero-order chi connectivity index (χ0) is 11.8. The van der Waals surface area contributed by atoms with E-state index in [9.17, 15) is 17.2 Å². The van der Waals surface area contributed by atoms with Crippen LogP contribution in [0, 0.1) is 3.57 Å². The van der Waals surface area contributed by atoms with Crippen LogP contribution in [0.2, 0.25) is 0 Å². The maximum atomic E-state index is 12.5. The topological polar surface area (TPSA) is 73.1 Å². The van der Waals surface area contributed by atoms with E-state index >= 15 is 0 Å². The molecule has 15 heavy (non-hydrogen) atoms. The lowest BCUT2D eigenvalue weighted by atomic mass is 10.3. The first-order valence-corrected chi connectivity index (χ1v) is 6.82. The highest BCUT2D eigenvalue weighted by atomic mass is 127. The van der Waals surface area contributed by atoms with Crippen molar-refractivity contribution < 1.29 is 17.2 Å².